The third-order valence-electron chi connectivity index (χ3n) is 6.06. The van der Waals surface area contributed by atoms with Crippen molar-refractivity contribution in [3.63, 3.8) is 0 Å². The Hall–Kier alpha value is -1.72. The Morgan fingerprint density at radius 1 is 1.05 bits per heavy atom. The Labute approximate surface area is 239 Å². The minimum Gasteiger partial charge on any atom is -0.471 e. The van der Waals surface area contributed by atoms with Gasteiger partial charge in [0.15, 0.2) is 0 Å². The first-order valence-electron chi connectivity index (χ1n) is 14.6. The van der Waals surface area contributed by atoms with Gasteiger partial charge in [0.1, 0.15) is 5.60 Å². The molecule has 0 aromatic carbocycles. The molecule has 0 heterocycles. The SMILES string of the molecule is C=C.CC.CCC(C)(O)CCCC1=C(C)C=CCCC1.CCN(C)CC.CN=C(C)C(=NC)OC(C)(C)C. The first-order valence-corrected chi connectivity index (χ1v) is 14.6. The van der Waals surface area contributed by atoms with Crippen LogP contribution in [-0.4, -0.2) is 67.1 Å². The molecule has 0 aliphatic heterocycles. The molecule has 226 valence electrons. The predicted molar refractivity (Wildman–Crippen MR) is 175 cm³/mol. The number of hydrogen-bond donors (Lipinski definition) is 1. The topological polar surface area (TPSA) is 57.4 Å². The lowest BCUT2D eigenvalue weighted by molar-refractivity contribution is 0.0450. The molecule has 1 aliphatic carbocycles. The summed E-state index contributed by atoms with van der Waals surface area (Å²) in [7, 11) is 5.54. The van der Waals surface area contributed by atoms with Gasteiger partial charge in [0, 0.05) is 14.1 Å². The minimum atomic E-state index is -0.463. The van der Waals surface area contributed by atoms with Crippen molar-refractivity contribution >= 4 is 11.6 Å². The van der Waals surface area contributed by atoms with E-state index >= 15 is 0 Å². The number of nitrogens with zero attached hydrogens (tertiary/aromatic N) is 3. The summed E-state index contributed by atoms with van der Waals surface area (Å²) in [6.45, 7) is 30.7. The van der Waals surface area contributed by atoms with Gasteiger partial charge in [-0.1, -0.05) is 57.9 Å². The number of aliphatic hydroxyl groups is 1. The molecule has 1 atom stereocenters. The summed E-state index contributed by atoms with van der Waals surface area (Å²) in [5, 5.41) is 9.94. The maximum atomic E-state index is 9.94. The van der Waals surface area contributed by atoms with Crippen molar-refractivity contribution in [3.05, 3.63) is 36.5 Å². The van der Waals surface area contributed by atoms with E-state index in [-0.39, 0.29) is 5.60 Å². The molecular weight excluding hydrogens is 470 g/mol. The lowest BCUT2D eigenvalue weighted by Crippen LogP contribution is -2.27. The van der Waals surface area contributed by atoms with E-state index in [1.54, 1.807) is 19.7 Å². The molecule has 1 unspecified atom stereocenters. The smallest absolute Gasteiger partial charge is 0.230 e. The van der Waals surface area contributed by atoms with Crippen LogP contribution in [0.4, 0.5) is 0 Å². The first kappa shape index (κ1) is 43.3. The monoisotopic (exact) mass is 538 g/mol. The number of rotatable bonds is 8. The van der Waals surface area contributed by atoms with Gasteiger partial charge in [-0.15, -0.1) is 13.2 Å². The summed E-state index contributed by atoms with van der Waals surface area (Å²) in [5.41, 5.74) is 3.21. The van der Waals surface area contributed by atoms with E-state index in [0.717, 1.165) is 44.5 Å². The Balaban J connectivity index is -0.000000232. The van der Waals surface area contributed by atoms with Crippen LogP contribution in [0.1, 0.15) is 121 Å². The van der Waals surface area contributed by atoms with Crippen molar-refractivity contribution < 1.29 is 9.84 Å². The number of ether oxygens (including phenoxy) is 1. The number of hydrogen-bond acceptors (Lipinski definition) is 5. The van der Waals surface area contributed by atoms with Crippen LogP contribution >= 0.6 is 0 Å². The average molecular weight is 538 g/mol. The molecule has 1 rings (SSSR count). The number of allylic oxidation sites excluding steroid dienone is 4. The lowest BCUT2D eigenvalue weighted by Gasteiger charge is -2.21. The van der Waals surface area contributed by atoms with Crippen LogP contribution in [0, 0.1) is 0 Å². The summed E-state index contributed by atoms with van der Waals surface area (Å²) < 4.78 is 5.56. The van der Waals surface area contributed by atoms with Gasteiger partial charge >= 0.3 is 0 Å². The average Bonchev–Trinajstić information content (AvgIpc) is 3.12. The molecule has 1 N–H and O–H groups in total. The predicted octanol–water partition coefficient (Wildman–Crippen LogP) is 9.08. The Morgan fingerprint density at radius 2 is 1.58 bits per heavy atom. The van der Waals surface area contributed by atoms with Crippen molar-refractivity contribution in [2.24, 2.45) is 9.98 Å². The fourth-order valence-electron chi connectivity index (χ4n) is 3.08. The van der Waals surface area contributed by atoms with Gasteiger partial charge in [-0.05, 0) is 107 Å². The van der Waals surface area contributed by atoms with Crippen LogP contribution in [0.2, 0.25) is 0 Å². The second kappa shape index (κ2) is 26.9. The summed E-state index contributed by atoms with van der Waals surface area (Å²) in [5.74, 6) is 0.616. The summed E-state index contributed by atoms with van der Waals surface area (Å²) in [4.78, 5) is 10.3. The zero-order valence-corrected chi connectivity index (χ0v) is 28.1. The molecule has 0 amide bonds. The van der Waals surface area contributed by atoms with Crippen LogP contribution in [0.5, 0.6) is 0 Å². The van der Waals surface area contributed by atoms with Gasteiger partial charge in [0.05, 0.1) is 11.3 Å². The Morgan fingerprint density at radius 3 is 1.95 bits per heavy atom. The second-order valence-corrected chi connectivity index (χ2v) is 10.3. The van der Waals surface area contributed by atoms with Crippen LogP contribution in [0.15, 0.2) is 46.4 Å². The maximum Gasteiger partial charge on any atom is 0.230 e. The van der Waals surface area contributed by atoms with E-state index in [0.29, 0.717) is 5.90 Å². The summed E-state index contributed by atoms with van der Waals surface area (Å²) >= 11 is 0. The lowest BCUT2D eigenvalue weighted by atomic mass is 9.92. The van der Waals surface area contributed by atoms with Crippen molar-refractivity contribution in [3.8, 4) is 0 Å². The van der Waals surface area contributed by atoms with E-state index in [9.17, 15) is 5.11 Å². The van der Waals surface area contributed by atoms with Crippen LogP contribution < -0.4 is 0 Å². The third-order valence-corrected chi connectivity index (χ3v) is 6.06. The van der Waals surface area contributed by atoms with Gasteiger partial charge in [0.25, 0.3) is 0 Å². The summed E-state index contributed by atoms with van der Waals surface area (Å²) in [6, 6.07) is 0. The van der Waals surface area contributed by atoms with Gasteiger partial charge in [-0.3, -0.25) is 9.98 Å². The maximum absolute atomic E-state index is 9.94. The molecule has 0 radical (unpaired) electrons. The van der Waals surface area contributed by atoms with Crippen molar-refractivity contribution in [1.82, 2.24) is 4.90 Å². The fraction of sp³-hybridized carbons (Fsp3) is 0.758. The first-order chi connectivity index (χ1) is 17.8. The molecule has 0 bridgehead atoms. The van der Waals surface area contributed by atoms with Gasteiger partial charge < -0.3 is 14.7 Å². The molecule has 0 spiro atoms. The standard InChI is InChI=1S/C15H26O.C9H18N2O.C5H13N.C2H6.C2H4/c1-4-15(3,16)12-8-11-14-10-7-5-6-9-13(14)2;1-7(10-5)8(11-6)12-9(2,3)4;1-4-6(3)5-2;2*1-2/h6,9,16H,4-5,7-8,10-12H2,1-3H3;1-6H3;4-5H2,1-3H3;1-2H3;1-2H2. The molecule has 0 fully saturated rings. The van der Waals surface area contributed by atoms with E-state index in [1.165, 1.54) is 24.8 Å². The quantitative estimate of drug-likeness (QED) is 0.191. The largest absolute Gasteiger partial charge is 0.471 e. The number of aliphatic imine (C=N–C) groups is 2. The van der Waals surface area contributed by atoms with Crippen LogP contribution in [-0.2, 0) is 4.74 Å². The van der Waals surface area contributed by atoms with Crippen molar-refractivity contribution in [2.45, 2.75) is 132 Å². The minimum absolute atomic E-state index is 0.208. The normalized spacial score (nSPS) is 15.3. The Kier molecular flexibility index (Phi) is 30.6. The molecule has 0 saturated heterocycles. The van der Waals surface area contributed by atoms with Gasteiger partial charge in [-0.2, -0.15) is 0 Å². The van der Waals surface area contributed by atoms with Crippen molar-refractivity contribution in [1.29, 1.82) is 0 Å². The van der Waals surface area contributed by atoms with Crippen molar-refractivity contribution in [2.75, 3.05) is 34.2 Å². The highest BCUT2D eigenvalue weighted by Gasteiger charge is 2.17. The molecule has 38 heavy (non-hydrogen) atoms. The highest BCUT2D eigenvalue weighted by atomic mass is 16.5. The highest BCUT2D eigenvalue weighted by molar-refractivity contribution is 6.38. The van der Waals surface area contributed by atoms with Crippen LogP contribution in [0.3, 0.4) is 0 Å². The Bertz CT molecular complexity index is 664. The molecular formula is C33H67N3O2. The van der Waals surface area contributed by atoms with E-state index in [2.05, 4.69) is 74.9 Å². The van der Waals surface area contributed by atoms with Gasteiger partial charge in [-0.25, -0.2) is 0 Å². The van der Waals surface area contributed by atoms with Gasteiger partial charge in [0.2, 0.25) is 5.90 Å². The second-order valence-electron chi connectivity index (χ2n) is 10.3. The molecule has 0 saturated carbocycles. The van der Waals surface area contributed by atoms with Crippen LogP contribution in [0.25, 0.3) is 0 Å². The fourth-order valence-corrected chi connectivity index (χ4v) is 3.08. The highest BCUT2D eigenvalue weighted by Crippen LogP contribution is 2.25. The zero-order valence-electron chi connectivity index (χ0n) is 28.1. The molecule has 1 aliphatic rings. The molecule has 5 heteroatoms. The van der Waals surface area contributed by atoms with E-state index < -0.39 is 5.60 Å². The summed E-state index contributed by atoms with van der Waals surface area (Å²) in [6.07, 6.45) is 12.3. The van der Waals surface area contributed by atoms with E-state index in [1.807, 2.05) is 48.5 Å². The molecule has 0 aromatic rings. The van der Waals surface area contributed by atoms with E-state index in [4.69, 9.17) is 4.74 Å². The molecule has 5 nitrogen and oxygen atoms in total. The zero-order chi connectivity index (χ0) is 30.8. The molecule has 0 aromatic heterocycles. The third kappa shape index (κ3) is 27.3.